The third kappa shape index (κ3) is 3.70. The normalized spacial score (nSPS) is 23.4. The highest BCUT2D eigenvalue weighted by Gasteiger charge is 2.67. The minimum absolute atomic E-state index is 0.143. The zero-order chi connectivity index (χ0) is 26.2. The number of carbonyl (C=O) groups is 2. The lowest BCUT2D eigenvalue weighted by Crippen LogP contribution is -2.47. The Bertz CT molecular complexity index is 1450. The fourth-order valence-electron chi connectivity index (χ4n) is 5.45. The molecule has 1 N–H and O–H groups in total. The van der Waals surface area contributed by atoms with E-state index in [2.05, 4.69) is 11.4 Å². The number of benzene rings is 3. The molecule has 0 aliphatic carbocycles. The molecule has 1 amide bonds. The molecule has 1 fully saturated rings. The smallest absolute Gasteiger partial charge is 0.329 e. The van der Waals surface area contributed by atoms with Crippen molar-refractivity contribution in [2.45, 2.75) is 18.0 Å². The van der Waals surface area contributed by atoms with E-state index in [0.29, 0.717) is 16.9 Å². The van der Waals surface area contributed by atoms with Crippen LogP contribution in [0.5, 0.6) is 0 Å². The van der Waals surface area contributed by atoms with Gasteiger partial charge in [-0.15, -0.1) is 0 Å². The Morgan fingerprint density at radius 3 is 2.38 bits per heavy atom. The zero-order valence-electron chi connectivity index (χ0n) is 19.8. The van der Waals surface area contributed by atoms with Gasteiger partial charge in [-0.1, -0.05) is 60.7 Å². The number of ether oxygens (including phenoxy) is 1. The molecule has 2 aliphatic rings. The molecule has 1 saturated heterocycles. The fourth-order valence-corrected chi connectivity index (χ4v) is 5.45. The summed E-state index contributed by atoms with van der Waals surface area (Å²) >= 11 is 0. The first-order valence-electron chi connectivity index (χ1n) is 11.6. The minimum Gasteiger partial charge on any atom is -0.468 e. The van der Waals surface area contributed by atoms with Crippen molar-refractivity contribution in [1.29, 1.82) is 5.26 Å². The van der Waals surface area contributed by atoms with E-state index in [9.17, 15) is 25.0 Å². The van der Waals surface area contributed by atoms with Crippen LogP contribution < -0.4 is 10.2 Å². The van der Waals surface area contributed by atoms with E-state index in [1.807, 2.05) is 36.4 Å². The molecule has 184 valence electrons. The van der Waals surface area contributed by atoms with E-state index in [0.717, 1.165) is 5.56 Å². The Morgan fingerprint density at radius 1 is 1.05 bits per heavy atom. The number of carbonyl (C=O) groups excluding carboxylic acids is 2. The van der Waals surface area contributed by atoms with Crippen LogP contribution in [-0.2, 0) is 14.3 Å². The molecule has 9 heteroatoms. The second kappa shape index (κ2) is 9.24. The van der Waals surface area contributed by atoms with Gasteiger partial charge in [-0.25, -0.2) is 0 Å². The summed E-state index contributed by atoms with van der Waals surface area (Å²) in [5.41, 5.74) is 0.558. The van der Waals surface area contributed by atoms with Gasteiger partial charge in [-0.05, 0) is 29.3 Å². The summed E-state index contributed by atoms with van der Waals surface area (Å²) in [5.74, 6) is -2.21. The van der Waals surface area contributed by atoms with Crippen LogP contribution >= 0.6 is 0 Å². The molecule has 9 nitrogen and oxygen atoms in total. The van der Waals surface area contributed by atoms with Crippen LogP contribution in [-0.4, -0.2) is 36.0 Å². The number of nitriles is 1. The van der Waals surface area contributed by atoms with Gasteiger partial charge in [-0.3, -0.25) is 19.7 Å². The number of nitrogens with one attached hydrogen (secondary N) is 1. The fraction of sp³-hybridized carbons (Fsp3) is 0.179. The van der Waals surface area contributed by atoms with Crippen LogP contribution in [0.1, 0.15) is 17.0 Å². The van der Waals surface area contributed by atoms with E-state index in [4.69, 9.17) is 4.74 Å². The van der Waals surface area contributed by atoms with Crippen LogP contribution in [0.15, 0.2) is 84.9 Å². The number of esters is 1. The summed E-state index contributed by atoms with van der Waals surface area (Å²) in [4.78, 5) is 40.0. The van der Waals surface area contributed by atoms with Crippen LogP contribution in [0.2, 0.25) is 0 Å². The minimum atomic E-state index is -1.81. The van der Waals surface area contributed by atoms with Crippen molar-refractivity contribution in [3.05, 3.63) is 106 Å². The number of non-ortho nitro benzene ring substituents is 1. The van der Waals surface area contributed by atoms with Crippen LogP contribution in [0.3, 0.4) is 0 Å². The number of amides is 1. The van der Waals surface area contributed by atoms with E-state index < -0.39 is 40.2 Å². The first-order chi connectivity index (χ1) is 17.9. The third-order valence-corrected chi connectivity index (χ3v) is 7.03. The molecule has 0 aromatic heterocycles. The Hall–Kier alpha value is -4.97. The van der Waals surface area contributed by atoms with Gasteiger partial charge in [0, 0.05) is 29.4 Å². The van der Waals surface area contributed by atoms with E-state index in [1.165, 1.54) is 31.4 Å². The largest absolute Gasteiger partial charge is 0.468 e. The maximum atomic E-state index is 14.0. The molecule has 0 radical (unpaired) electrons. The number of methoxy groups -OCH3 is 1. The highest BCUT2D eigenvalue weighted by molar-refractivity contribution is 6.02. The van der Waals surface area contributed by atoms with Crippen molar-refractivity contribution >= 4 is 35.0 Å². The topological polar surface area (TPSA) is 126 Å². The molecular formula is C28H22N4O5. The molecule has 0 spiro atoms. The van der Waals surface area contributed by atoms with Crippen molar-refractivity contribution in [3.8, 4) is 6.07 Å². The molecule has 2 heterocycles. The lowest BCUT2D eigenvalue weighted by molar-refractivity contribution is -0.384. The number of rotatable bonds is 5. The second-order valence-electron chi connectivity index (χ2n) is 8.87. The zero-order valence-corrected chi connectivity index (χ0v) is 19.8. The molecule has 0 saturated carbocycles. The van der Waals surface area contributed by atoms with Gasteiger partial charge >= 0.3 is 5.97 Å². The summed E-state index contributed by atoms with van der Waals surface area (Å²) in [6.45, 7) is 0. The van der Waals surface area contributed by atoms with Gasteiger partial charge in [0.25, 0.3) is 5.69 Å². The maximum Gasteiger partial charge on any atom is 0.329 e. The Kier molecular flexibility index (Phi) is 5.93. The predicted molar refractivity (Wildman–Crippen MR) is 137 cm³/mol. The number of anilines is 2. The van der Waals surface area contributed by atoms with E-state index in [-0.39, 0.29) is 5.69 Å². The van der Waals surface area contributed by atoms with Gasteiger partial charge in [-0.2, -0.15) is 5.26 Å². The second-order valence-corrected chi connectivity index (χ2v) is 8.87. The molecule has 0 bridgehead atoms. The molecule has 4 atom stereocenters. The quantitative estimate of drug-likeness (QED) is 0.319. The highest BCUT2D eigenvalue weighted by atomic mass is 16.6. The third-order valence-electron chi connectivity index (χ3n) is 7.03. The van der Waals surface area contributed by atoms with Crippen molar-refractivity contribution in [3.63, 3.8) is 0 Å². The van der Waals surface area contributed by atoms with Crippen LogP contribution in [0.4, 0.5) is 17.1 Å². The molecular weight excluding hydrogens is 472 g/mol. The average Bonchev–Trinajstić information content (AvgIpc) is 3.25. The van der Waals surface area contributed by atoms with Crippen LogP contribution in [0.25, 0.3) is 6.08 Å². The lowest BCUT2D eigenvalue weighted by atomic mass is 9.68. The van der Waals surface area contributed by atoms with Crippen molar-refractivity contribution < 1.29 is 19.2 Å². The van der Waals surface area contributed by atoms with Gasteiger partial charge in [0.2, 0.25) is 5.91 Å². The van der Waals surface area contributed by atoms with Gasteiger partial charge in [0.1, 0.15) is 6.04 Å². The number of para-hydroxylation sites is 2. The van der Waals surface area contributed by atoms with Crippen LogP contribution in [0, 0.1) is 26.9 Å². The molecule has 0 unspecified atom stereocenters. The number of nitrogens with zero attached hydrogens (tertiary/aromatic N) is 3. The van der Waals surface area contributed by atoms with E-state index >= 15 is 0 Å². The van der Waals surface area contributed by atoms with E-state index in [1.54, 1.807) is 35.2 Å². The number of hydrogen-bond acceptors (Lipinski definition) is 7. The SMILES string of the molecule is COC(=O)[C@]1(C#N)[C@H](c2ccc([N+](=O)[O-])cc2)[C@H](C(=O)Nc2ccccc2)N2c3ccccc3C=C[C@H]21. The summed E-state index contributed by atoms with van der Waals surface area (Å²) < 4.78 is 5.16. The molecule has 37 heavy (non-hydrogen) atoms. The summed E-state index contributed by atoms with van der Waals surface area (Å²) in [6.07, 6.45) is 3.58. The molecule has 2 aliphatic heterocycles. The number of nitro groups is 1. The highest BCUT2D eigenvalue weighted by Crippen LogP contribution is 2.56. The molecule has 3 aromatic rings. The summed E-state index contributed by atoms with van der Waals surface area (Å²) in [6, 6.07) is 22.3. The first kappa shape index (κ1) is 23.8. The Balaban J connectivity index is 1.74. The Labute approximate surface area is 212 Å². The molecule has 3 aromatic carbocycles. The number of nitro benzene ring substituents is 1. The summed E-state index contributed by atoms with van der Waals surface area (Å²) in [5, 5.41) is 24.8. The number of fused-ring (bicyclic) bond motifs is 3. The monoisotopic (exact) mass is 494 g/mol. The molecule has 5 rings (SSSR count). The average molecular weight is 495 g/mol. The number of hydrogen-bond donors (Lipinski definition) is 1. The van der Waals surface area contributed by atoms with Gasteiger partial charge in [0.15, 0.2) is 5.41 Å². The van der Waals surface area contributed by atoms with Crippen molar-refractivity contribution in [2.24, 2.45) is 5.41 Å². The van der Waals surface area contributed by atoms with Crippen molar-refractivity contribution in [1.82, 2.24) is 0 Å². The lowest BCUT2D eigenvalue weighted by Gasteiger charge is -2.36. The standard InChI is InChI=1S/C28H22N4O5/c1-37-27(34)28(17-29)23-16-13-18-7-5-6-10-22(18)31(23)25(26(33)30-20-8-3-2-4-9-20)24(28)19-11-14-21(15-12-19)32(35)36/h2-16,23-25H,1H3,(H,30,33)/t23-,24+,25+,28-/m0/s1. The predicted octanol–water partition coefficient (Wildman–Crippen LogP) is 4.28. The first-order valence-corrected chi connectivity index (χ1v) is 11.6. The Morgan fingerprint density at radius 2 is 1.73 bits per heavy atom. The van der Waals surface area contributed by atoms with Crippen molar-refractivity contribution in [2.75, 3.05) is 17.3 Å². The van der Waals surface area contributed by atoms with Gasteiger partial charge < -0.3 is 15.0 Å². The van der Waals surface area contributed by atoms with Gasteiger partial charge in [0.05, 0.1) is 24.1 Å². The maximum absolute atomic E-state index is 14.0. The summed E-state index contributed by atoms with van der Waals surface area (Å²) in [7, 11) is 1.20.